The van der Waals surface area contributed by atoms with Crippen LogP contribution in [0, 0.1) is 21.7 Å². The van der Waals surface area contributed by atoms with Gasteiger partial charge in [-0.05, 0) is 18.2 Å². The summed E-state index contributed by atoms with van der Waals surface area (Å²) >= 11 is 6.55. The third kappa shape index (κ3) is 3.56. The van der Waals surface area contributed by atoms with Crippen molar-refractivity contribution < 1.29 is 18.4 Å². The minimum atomic E-state index is -1.16. The summed E-state index contributed by atoms with van der Waals surface area (Å²) < 4.78 is 33.4. The van der Waals surface area contributed by atoms with Crippen molar-refractivity contribution in [2.75, 3.05) is 0 Å². The molecule has 21 heavy (non-hydrogen) atoms. The Bertz CT molecular complexity index is 710. The molecule has 0 aliphatic carbocycles. The molecule has 0 amide bonds. The number of alkyl halides is 1. The maximum atomic E-state index is 13.8. The second kappa shape index (κ2) is 6.48. The summed E-state index contributed by atoms with van der Waals surface area (Å²) in [6.45, 7) is 0. The van der Waals surface area contributed by atoms with Gasteiger partial charge in [0.15, 0.2) is 11.6 Å². The second-order valence-corrected chi connectivity index (χ2v) is 5.46. The molecule has 0 saturated carbocycles. The lowest BCUT2D eigenvalue weighted by Gasteiger charge is -2.11. The van der Waals surface area contributed by atoms with Gasteiger partial charge >= 0.3 is 5.69 Å². The zero-order valence-electron chi connectivity index (χ0n) is 10.3. The number of hydrogen-bond donors (Lipinski definition) is 0. The molecule has 0 unspecified atom stereocenters. The van der Waals surface area contributed by atoms with E-state index in [1.54, 1.807) is 18.2 Å². The number of hydrogen-bond acceptors (Lipinski definition) is 3. The van der Waals surface area contributed by atoms with Gasteiger partial charge in [-0.2, -0.15) is 4.39 Å². The van der Waals surface area contributed by atoms with Crippen LogP contribution in [0.2, 0.25) is 0 Å². The Morgan fingerprint density at radius 2 is 1.86 bits per heavy atom. The normalized spacial score (nSPS) is 10.5. The van der Waals surface area contributed by atoms with E-state index in [2.05, 4.69) is 31.9 Å². The SMILES string of the molecule is O=[N+]([O-])c1cc(F)c(Oc2ccc(Br)cc2CBr)cc1F. The molecule has 0 radical (unpaired) electrons. The van der Waals surface area contributed by atoms with E-state index in [1.165, 1.54) is 0 Å². The highest BCUT2D eigenvalue weighted by Gasteiger charge is 2.20. The third-order valence-electron chi connectivity index (χ3n) is 2.58. The quantitative estimate of drug-likeness (QED) is 0.380. The number of ether oxygens (including phenoxy) is 1. The molecule has 0 N–H and O–H groups in total. The van der Waals surface area contributed by atoms with E-state index in [9.17, 15) is 18.9 Å². The molecule has 2 rings (SSSR count). The van der Waals surface area contributed by atoms with Gasteiger partial charge in [-0.15, -0.1) is 0 Å². The summed E-state index contributed by atoms with van der Waals surface area (Å²) in [6, 6.07) is 6.18. The number of nitrogens with zero attached hydrogens (tertiary/aromatic N) is 1. The number of benzene rings is 2. The molecule has 0 atom stereocenters. The van der Waals surface area contributed by atoms with Gasteiger partial charge in [0.2, 0.25) is 5.82 Å². The predicted molar refractivity (Wildman–Crippen MR) is 79.9 cm³/mol. The largest absolute Gasteiger partial charge is 0.454 e. The van der Waals surface area contributed by atoms with E-state index in [0.29, 0.717) is 28.8 Å². The monoisotopic (exact) mass is 421 g/mol. The topological polar surface area (TPSA) is 52.4 Å². The number of nitro benzene ring substituents is 1. The van der Waals surface area contributed by atoms with E-state index in [1.807, 2.05) is 0 Å². The minimum Gasteiger partial charge on any atom is -0.454 e. The van der Waals surface area contributed by atoms with Gasteiger partial charge < -0.3 is 4.74 Å². The van der Waals surface area contributed by atoms with Crippen LogP contribution in [0.4, 0.5) is 14.5 Å². The van der Waals surface area contributed by atoms with Gasteiger partial charge in [0.25, 0.3) is 0 Å². The Balaban J connectivity index is 2.41. The number of nitro groups is 1. The molecule has 0 fully saturated rings. The van der Waals surface area contributed by atoms with Crippen LogP contribution < -0.4 is 4.74 Å². The fraction of sp³-hybridized carbons (Fsp3) is 0.0769. The van der Waals surface area contributed by atoms with E-state index in [-0.39, 0.29) is 0 Å². The first kappa shape index (κ1) is 15.8. The molecular formula is C13H7Br2F2NO3. The van der Waals surface area contributed by atoms with Gasteiger partial charge in [-0.25, -0.2) is 4.39 Å². The Hall–Kier alpha value is -1.54. The highest BCUT2D eigenvalue weighted by atomic mass is 79.9. The lowest BCUT2D eigenvalue weighted by Crippen LogP contribution is -1.97. The average Bonchev–Trinajstić information content (AvgIpc) is 2.43. The van der Waals surface area contributed by atoms with Crippen molar-refractivity contribution >= 4 is 37.5 Å². The average molecular weight is 423 g/mol. The molecule has 8 heteroatoms. The summed E-state index contributed by atoms with van der Waals surface area (Å²) in [4.78, 5) is 9.53. The molecule has 0 aliphatic rings. The minimum absolute atomic E-state index is 0.322. The predicted octanol–water partition coefficient (Wildman–Crippen LogP) is 5.32. The molecule has 0 spiro atoms. The highest BCUT2D eigenvalue weighted by Crippen LogP contribution is 2.33. The third-order valence-corrected chi connectivity index (χ3v) is 3.68. The molecule has 4 nitrogen and oxygen atoms in total. The maximum Gasteiger partial charge on any atom is 0.307 e. The van der Waals surface area contributed by atoms with Crippen molar-refractivity contribution in [3.63, 3.8) is 0 Å². The number of rotatable bonds is 4. The Morgan fingerprint density at radius 3 is 2.48 bits per heavy atom. The first-order valence-corrected chi connectivity index (χ1v) is 7.49. The van der Waals surface area contributed by atoms with Crippen LogP contribution in [-0.4, -0.2) is 4.92 Å². The van der Waals surface area contributed by atoms with Gasteiger partial charge in [0.05, 0.1) is 11.0 Å². The fourth-order valence-electron chi connectivity index (χ4n) is 1.61. The van der Waals surface area contributed by atoms with Crippen LogP contribution in [-0.2, 0) is 5.33 Å². The van der Waals surface area contributed by atoms with Gasteiger partial charge in [0.1, 0.15) is 5.75 Å². The molecule has 0 heterocycles. The summed E-state index contributed by atoms with van der Waals surface area (Å²) in [5.74, 6) is -2.26. The van der Waals surface area contributed by atoms with Gasteiger partial charge in [-0.1, -0.05) is 31.9 Å². The number of halogens is 4. The molecule has 0 aliphatic heterocycles. The zero-order valence-corrected chi connectivity index (χ0v) is 13.4. The Labute approximate surface area is 135 Å². The Morgan fingerprint density at radius 1 is 1.14 bits per heavy atom. The van der Waals surface area contributed by atoms with Crippen LogP contribution in [0.5, 0.6) is 11.5 Å². The van der Waals surface area contributed by atoms with Crippen molar-refractivity contribution in [1.82, 2.24) is 0 Å². The van der Waals surface area contributed by atoms with Crippen LogP contribution in [0.3, 0.4) is 0 Å². The summed E-state index contributed by atoms with van der Waals surface area (Å²) in [6.07, 6.45) is 0. The maximum absolute atomic E-state index is 13.8. The lowest BCUT2D eigenvalue weighted by atomic mass is 10.2. The van der Waals surface area contributed by atoms with Crippen LogP contribution in [0.1, 0.15) is 5.56 Å². The highest BCUT2D eigenvalue weighted by molar-refractivity contribution is 9.10. The molecule has 2 aromatic carbocycles. The van der Waals surface area contributed by atoms with Crippen molar-refractivity contribution in [2.45, 2.75) is 5.33 Å². The second-order valence-electron chi connectivity index (χ2n) is 3.98. The van der Waals surface area contributed by atoms with E-state index in [4.69, 9.17) is 4.74 Å². The van der Waals surface area contributed by atoms with Crippen LogP contribution in [0.15, 0.2) is 34.8 Å². The Kier molecular flexibility index (Phi) is 4.89. The molecule has 0 aromatic heterocycles. The van der Waals surface area contributed by atoms with Crippen molar-refractivity contribution in [3.05, 3.63) is 62.1 Å². The van der Waals surface area contributed by atoms with Gasteiger partial charge in [-0.3, -0.25) is 10.1 Å². The van der Waals surface area contributed by atoms with Crippen molar-refractivity contribution in [3.8, 4) is 11.5 Å². The van der Waals surface area contributed by atoms with Crippen molar-refractivity contribution in [2.24, 2.45) is 0 Å². The van der Waals surface area contributed by atoms with E-state index in [0.717, 1.165) is 4.47 Å². The van der Waals surface area contributed by atoms with E-state index < -0.39 is 28.0 Å². The molecule has 110 valence electrons. The van der Waals surface area contributed by atoms with Crippen LogP contribution in [0.25, 0.3) is 0 Å². The zero-order chi connectivity index (χ0) is 15.6. The van der Waals surface area contributed by atoms with E-state index >= 15 is 0 Å². The fourth-order valence-corrected chi connectivity index (χ4v) is 2.45. The first-order chi connectivity index (χ1) is 9.92. The standard InChI is InChI=1S/C13H7Br2F2NO3/c14-6-7-3-8(15)1-2-12(7)21-13-5-9(16)11(18(19)20)4-10(13)17/h1-5H,6H2. The molecule has 2 aromatic rings. The summed E-state index contributed by atoms with van der Waals surface area (Å²) in [5.41, 5.74) is -0.223. The molecular weight excluding hydrogens is 416 g/mol. The first-order valence-electron chi connectivity index (χ1n) is 5.58. The van der Waals surface area contributed by atoms with Crippen LogP contribution >= 0.6 is 31.9 Å². The smallest absolute Gasteiger partial charge is 0.307 e. The van der Waals surface area contributed by atoms with Crippen molar-refractivity contribution in [1.29, 1.82) is 0 Å². The summed E-state index contributed by atoms with van der Waals surface area (Å²) in [7, 11) is 0. The lowest BCUT2D eigenvalue weighted by molar-refractivity contribution is -0.387. The molecule has 0 bridgehead atoms. The summed E-state index contributed by atoms with van der Waals surface area (Å²) in [5, 5.41) is 11.0. The molecule has 0 saturated heterocycles. The van der Waals surface area contributed by atoms with Gasteiger partial charge in [0, 0.05) is 21.4 Å².